The number of nitrogens with one attached hydrogen (secondary N) is 2. The molecule has 1 aliphatic heterocycles. The highest BCUT2D eigenvalue weighted by atomic mass is 35.5. The van der Waals surface area contributed by atoms with E-state index in [1.807, 2.05) is 24.3 Å². The fourth-order valence-corrected chi connectivity index (χ4v) is 2.26. The number of halogens is 2. The molecule has 0 bridgehead atoms. The minimum Gasteiger partial charge on any atom is -0.371 e. The van der Waals surface area contributed by atoms with Crippen LogP contribution in [0.25, 0.3) is 0 Å². The molecule has 0 spiro atoms. The van der Waals surface area contributed by atoms with Gasteiger partial charge in [-0.15, -0.1) is 0 Å². The number of ether oxygens (including phenoxy) is 1. The molecular formula is C14H14ClFN4O. The van der Waals surface area contributed by atoms with E-state index in [9.17, 15) is 4.39 Å². The zero-order valence-electron chi connectivity index (χ0n) is 11.1. The van der Waals surface area contributed by atoms with E-state index >= 15 is 0 Å². The van der Waals surface area contributed by atoms with Crippen molar-refractivity contribution in [1.29, 1.82) is 0 Å². The molecular weight excluding hydrogens is 295 g/mol. The lowest BCUT2D eigenvalue weighted by atomic mass is 10.1. The van der Waals surface area contributed by atoms with Crippen LogP contribution >= 0.6 is 11.6 Å². The molecule has 2 aromatic rings. The molecule has 110 valence electrons. The number of rotatable bonds is 3. The van der Waals surface area contributed by atoms with E-state index in [1.165, 1.54) is 0 Å². The third kappa shape index (κ3) is 3.47. The van der Waals surface area contributed by atoms with Crippen molar-refractivity contribution < 1.29 is 9.13 Å². The number of hydrogen-bond donors (Lipinski definition) is 2. The molecule has 1 aliphatic rings. The van der Waals surface area contributed by atoms with Gasteiger partial charge in [0.1, 0.15) is 0 Å². The van der Waals surface area contributed by atoms with Gasteiger partial charge in [-0.3, -0.25) is 0 Å². The fraction of sp³-hybridized carbons (Fsp3) is 0.286. The highest BCUT2D eigenvalue weighted by Crippen LogP contribution is 2.23. The van der Waals surface area contributed by atoms with Crippen molar-refractivity contribution in [2.45, 2.75) is 6.10 Å². The monoisotopic (exact) mass is 308 g/mol. The summed E-state index contributed by atoms with van der Waals surface area (Å²) in [6, 6.07) is 7.59. The molecule has 1 aromatic carbocycles. The molecule has 1 atom stereocenters. The molecule has 3 rings (SSSR count). The van der Waals surface area contributed by atoms with Gasteiger partial charge in [0, 0.05) is 18.8 Å². The van der Waals surface area contributed by atoms with Crippen LogP contribution in [0, 0.1) is 5.82 Å². The van der Waals surface area contributed by atoms with E-state index in [-0.39, 0.29) is 17.2 Å². The third-order valence-corrected chi connectivity index (χ3v) is 3.37. The summed E-state index contributed by atoms with van der Waals surface area (Å²) in [6.07, 6.45) is 1.09. The maximum atomic E-state index is 13.6. The van der Waals surface area contributed by atoms with Gasteiger partial charge in [0.05, 0.1) is 18.9 Å². The van der Waals surface area contributed by atoms with E-state index in [0.29, 0.717) is 6.61 Å². The van der Waals surface area contributed by atoms with Crippen LogP contribution in [0.15, 0.2) is 30.5 Å². The largest absolute Gasteiger partial charge is 0.371 e. The highest BCUT2D eigenvalue weighted by Gasteiger charge is 2.15. The second kappa shape index (κ2) is 6.34. The van der Waals surface area contributed by atoms with Crippen LogP contribution in [0.3, 0.4) is 0 Å². The van der Waals surface area contributed by atoms with E-state index in [4.69, 9.17) is 16.3 Å². The number of nitrogens with zero attached hydrogens (tertiary/aromatic N) is 2. The van der Waals surface area contributed by atoms with Gasteiger partial charge in [0.15, 0.2) is 11.6 Å². The first-order valence-corrected chi connectivity index (χ1v) is 6.97. The summed E-state index contributed by atoms with van der Waals surface area (Å²) in [5.74, 6) is -0.498. The number of morpholine rings is 1. The van der Waals surface area contributed by atoms with Crippen LogP contribution in [0.5, 0.6) is 0 Å². The summed E-state index contributed by atoms with van der Waals surface area (Å²) < 4.78 is 19.2. The maximum absolute atomic E-state index is 13.6. The fourth-order valence-electron chi connectivity index (χ4n) is 2.13. The number of anilines is 2. The predicted octanol–water partition coefficient (Wildman–Crippen LogP) is 2.67. The molecule has 1 saturated heterocycles. The zero-order chi connectivity index (χ0) is 14.7. The number of aromatic nitrogens is 2. The maximum Gasteiger partial charge on any atom is 0.224 e. The smallest absolute Gasteiger partial charge is 0.224 e. The second-order valence-corrected chi connectivity index (χ2v) is 4.98. The summed E-state index contributed by atoms with van der Waals surface area (Å²) in [6.45, 7) is 2.38. The molecule has 0 amide bonds. The lowest BCUT2D eigenvalue weighted by Gasteiger charge is -2.24. The zero-order valence-corrected chi connectivity index (χ0v) is 11.9. The van der Waals surface area contributed by atoms with E-state index in [0.717, 1.165) is 30.5 Å². The van der Waals surface area contributed by atoms with Crippen LogP contribution in [-0.4, -0.2) is 29.7 Å². The molecule has 1 unspecified atom stereocenters. The van der Waals surface area contributed by atoms with Gasteiger partial charge < -0.3 is 15.4 Å². The van der Waals surface area contributed by atoms with Crippen LogP contribution in [0.1, 0.15) is 11.7 Å². The Kier molecular flexibility index (Phi) is 4.28. The quantitative estimate of drug-likeness (QED) is 0.854. The Morgan fingerprint density at radius 1 is 1.33 bits per heavy atom. The van der Waals surface area contributed by atoms with Crippen molar-refractivity contribution in [2.75, 3.05) is 25.0 Å². The normalized spacial score (nSPS) is 18.5. The lowest BCUT2D eigenvalue weighted by molar-refractivity contribution is 0.0277. The van der Waals surface area contributed by atoms with Gasteiger partial charge in [-0.25, -0.2) is 9.37 Å². The number of benzene rings is 1. The Morgan fingerprint density at radius 2 is 2.14 bits per heavy atom. The van der Waals surface area contributed by atoms with Crippen molar-refractivity contribution >= 4 is 23.1 Å². The van der Waals surface area contributed by atoms with E-state index in [1.54, 1.807) is 0 Å². The van der Waals surface area contributed by atoms with Gasteiger partial charge in [0.25, 0.3) is 0 Å². The minimum atomic E-state index is -0.553. The van der Waals surface area contributed by atoms with Crippen molar-refractivity contribution in [3.63, 3.8) is 0 Å². The molecule has 21 heavy (non-hydrogen) atoms. The average Bonchev–Trinajstić information content (AvgIpc) is 2.53. The molecule has 7 heteroatoms. The molecule has 2 N–H and O–H groups in total. The first-order valence-electron chi connectivity index (χ1n) is 6.60. The van der Waals surface area contributed by atoms with Crippen molar-refractivity contribution in [3.8, 4) is 0 Å². The first-order chi connectivity index (χ1) is 10.2. The highest BCUT2D eigenvalue weighted by molar-refractivity contribution is 6.28. The first kappa shape index (κ1) is 14.2. The Balaban J connectivity index is 1.73. The van der Waals surface area contributed by atoms with Gasteiger partial charge >= 0.3 is 0 Å². The Morgan fingerprint density at radius 3 is 2.86 bits per heavy atom. The summed E-state index contributed by atoms with van der Waals surface area (Å²) in [7, 11) is 0. The Hall–Kier alpha value is -1.76. The predicted molar refractivity (Wildman–Crippen MR) is 78.3 cm³/mol. The van der Waals surface area contributed by atoms with Crippen LogP contribution in [0.4, 0.5) is 15.9 Å². The number of hydrogen-bond acceptors (Lipinski definition) is 5. The van der Waals surface area contributed by atoms with Crippen molar-refractivity contribution in [1.82, 2.24) is 15.3 Å². The summed E-state index contributed by atoms with van der Waals surface area (Å²) in [5, 5.41) is 6.15. The standard InChI is InChI=1S/C14H14ClFN4O/c15-14-18-7-11(16)13(20-14)19-10-3-1-9(2-4-10)12-8-17-5-6-21-12/h1-4,7,12,17H,5-6,8H2,(H,18,19,20). The molecule has 0 saturated carbocycles. The van der Waals surface area contributed by atoms with Crippen molar-refractivity contribution in [3.05, 3.63) is 47.1 Å². The van der Waals surface area contributed by atoms with Crippen LogP contribution in [-0.2, 0) is 4.74 Å². The Labute approximate surface area is 126 Å². The summed E-state index contributed by atoms with van der Waals surface area (Å²) in [4.78, 5) is 7.39. The molecule has 2 heterocycles. The topological polar surface area (TPSA) is 59.1 Å². The average molecular weight is 309 g/mol. The van der Waals surface area contributed by atoms with E-state index in [2.05, 4.69) is 20.6 Å². The Bertz CT molecular complexity index is 617. The minimum absolute atomic E-state index is 0.00259. The molecule has 0 radical (unpaired) electrons. The van der Waals surface area contributed by atoms with Gasteiger partial charge in [0.2, 0.25) is 5.28 Å². The lowest BCUT2D eigenvalue weighted by Crippen LogP contribution is -2.33. The summed E-state index contributed by atoms with van der Waals surface area (Å²) in [5.41, 5.74) is 1.80. The van der Waals surface area contributed by atoms with Gasteiger partial charge in [-0.05, 0) is 29.3 Å². The SMILES string of the molecule is Fc1cnc(Cl)nc1Nc1ccc(C2CNCCO2)cc1. The van der Waals surface area contributed by atoms with Gasteiger partial charge in [-0.1, -0.05) is 12.1 Å². The van der Waals surface area contributed by atoms with Crippen molar-refractivity contribution in [2.24, 2.45) is 0 Å². The molecule has 1 aromatic heterocycles. The second-order valence-electron chi connectivity index (χ2n) is 4.65. The third-order valence-electron chi connectivity index (χ3n) is 3.19. The molecule has 5 nitrogen and oxygen atoms in total. The summed E-state index contributed by atoms with van der Waals surface area (Å²) >= 11 is 5.66. The van der Waals surface area contributed by atoms with Crippen LogP contribution in [0.2, 0.25) is 5.28 Å². The van der Waals surface area contributed by atoms with Crippen LogP contribution < -0.4 is 10.6 Å². The van der Waals surface area contributed by atoms with E-state index < -0.39 is 5.82 Å². The molecule has 0 aliphatic carbocycles. The van der Waals surface area contributed by atoms with Gasteiger partial charge in [-0.2, -0.15) is 4.98 Å². The molecule has 1 fully saturated rings.